The molecule has 1 amide bonds. The normalized spacial score (nSPS) is 13.3. The fourth-order valence-corrected chi connectivity index (χ4v) is 2.83. The molecule has 0 bridgehead atoms. The highest BCUT2D eigenvalue weighted by Gasteiger charge is 2.36. The molecule has 0 aliphatic rings. The molecule has 1 N–H and O–H groups in total. The summed E-state index contributed by atoms with van der Waals surface area (Å²) < 4.78 is 9.82. The van der Waals surface area contributed by atoms with Crippen LogP contribution in [-0.2, 0) is 31.9 Å². The van der Waals surface area contributed by atoms with Crippen LogP contribution in [0.25, 0.3) is 0 Å². The highest BCUT2D eigenvalue weighted by Crippen LogP contribution is 2.19. The van der Waals surface area contributed by atoms with Crippen LogP contribution in [0.2, 0.25) is 0 Å². The molecule has 0 aliphatic carbocycles. The van der Waals surface area contributed by atoms with Crippen molar-refractivity contribution in [3.05, 3.63) is 34.4 Å². The summed E-state index contributed by atoms with van der Waals surface area (Å²) in [5.74, 6) is -0.749. The fraction of sp³-hybridized carbons (Fsp3) is 0.556. The van der Waals surface area contributed by atoms with Crippen molar-refractivity contribution in [1.29, 1.82) is 0 Å². The van der Waals surface area contributed by atoms with Crippen molar-refractivity contribution in [2.75, 3.05) is 20.8 Å². The van der Waals surface area contributed by atoms with Crippen LogP contribution in [0, 0.1) is 13.8 Å². The maximum atomic E-state index is 12.5. The molecule has 1 unspecified atom stereocenters. The second-order valence-corrected chi connectivity index (χ2v) is 6.05. The Hall–Kier alpha value is -1.88. The second kappa shape index (κ2) is 8.11. The van der Waals surface area contributed by atoms with Crippen molar-refractivity contribution < 1.29 is 19.1 Å². The topological polar surface area (TPSA) is 64.6 Å². The molecule has 0 aliphatic heterocycles. The van der Waals surface area contributed by atoms with E-state index >= 15 is 0 Å². The predicted octanol–water partition coefficient (Wildman–Crippen LogP) is 2.10. The maximum absolute atomic E-state index is 12.5. The Morgan fingerprint density at radius 2 is 1.87 bits per heavy atom. The standard InChI is InChI=1S/C18H27NO4/c1-7-14-9-12(2)8-13(3)15(14)10-16(20)19-18(4,11-22-5)17(21)23-6/h8-9H,7,10-11H2,1-6H3,(H,19,20). The van der Waals surface area contributed by atoms with Gasteiger partial charge in [0.2, 0.25) is 5.91 Å². The first-order valence-electron chi connectivity index (χ1n) is 7.74. The summed E-state index contributed by atoms with van der Waals surface area (Å²) in [6.07, 6.45) is 1.09. The lowest BCUT2D eigenvalue weighted by molar-refractivity contribution is -0.152. The summed E-state index contributed by atoms with van der Waals surface area (Å²) in [6, 6.07) is 4.17. The van der Waals surface area contributed by atoms with Gasteiger partial charge in [-0.05, 0) is 43.9 Å². The Bertz CT molecular complexity index is 583. The molecule has 5 heteroatoms. The molecule has 23 heavy (non-hydrogen) atoms. The zero-order chi connectivity index (χ0) is 17.6. The van der Waals surface area contributed by atoms with E-state index in [9.17, 15) is 9.59 Å². The van der Waals surface area contributed by atoms with E-state index in [0.717, 1.165) is 23.1 Å². The number of rotatable bonds is 7. The molecule has 1 aromatic rings. The summed E-state index contributed by atoms with van der Waals surface area (Å²) in [5, 5.41) is 2.75. The molecule has 0 heterocycles. The summed E-state index contributed by atoms with van der Waals surface area (Å²) in [6.45, 7) is 7.77. The van der Waals surface area contributed by atoms with Crippen LogP contribution < -0.4 is 5.32 Å². The van der Waals surface area contributed by atoms with E-state index in [2.05, 4.69) is 24.4 Å². The molecule has 5 nitrogen and oxygen atoms in total. The molecule has 0 spiro atoms. The van der Waals surface area contributed by atoms with E-state index in [-0.39, 0.29) is 18.9 Å². The van der Waals surface area contributed by atoms with E-state index in [1.54, 1.807) is 6.92 Å². The van der Waals surface area contributed by atoms with Gasteiger partial charge in [0.1, 0.15) is 0 Å². The molecular formula is C18H27NO4. The first-order chi connectivity index (χ1) is 10.8. The van der Waals surface area contributed by atoms with Crippen molar-refractivity contribution in [3.63, 3.8) is 0 Å². The van der Waals surface area contributed by atoms with Crippen molar-refractivity contribution >= 4 is 11.9 Å². The van der Waals surface area contributed by atoms with E-state index in [0.29, 0.717) is 0 Å². The van der Waals surface area contributed by atoms with Crippen LogP contribution >= 0.6 is 0 Å². The van der Waals surface area contributed by atoms with Gasteiger partial charge in [-0.15, -0.1) is 0 Å². The van der Waals surface area contributed by atoms with E-state index < -0.39 is 11.5 Å². The molecule has 1 atom stereocenters. The zero-order valence-corrected chi connectivity index (χ0v) is 14.9. The molecule has 0 saturated heterocycles. The predicted molar refractivity (Wildman–Crippen MR) is 89.4 cm³/mol. The average molecular weight is 321 g/mol. The van der Waals surface area contributed by atoms with Gasteiger partial charge in [0.15, 0.2) is 5.54 Å². The fourth-order valence-electron chi connectivity index (χ4n) is 2.83. The van der Waals surface area contributed by atoms with Crippen LogP contribution in [0.15, 0.2) is 12.1 Å². The van der Waals surface area contributed by atoms with Crippen molar-refractivity contribution in [2.45, 2.75) is 46.1 Å². The summed E-state index contributed by atoms with van der Waals surface area (Å²) in [5.41, 5.74) is 3.25. The van der Waals surface area contributed by atoms with E-state index in [4.69, 9.17) is 9.47 Å². The number of ether oxygens (including phenoxy) is 2. The molecule has 1 aromatic carbocycles. The SMILES string of the molecule is CCc1cc(C)cc(C)c1CC(=O)NC(C)(COC)C(=O)OC. The van der Waals surface area contributed by atoms with Gasteiger partial charge in [0, 0.05) is 7.11 Å². The Morgan fingerprint density at radius 3 is 2.39 bits per heavy atom. The minimum atomic E-state index is -1.19. The lowest BCUT2D eigenvalue weighted by Gasteiger charge is -2.27. The van der Waals surface area contributed by atoms with E-state index in [1.165, 1.54) is 19.8 Å². The number of carbonyl (C=O) groups excluding carboxylic acids is 2. The van der Waals surface area contributed by atoms with Crippen molar-refractivity contribution in [1.82, 2.24) is 5.32 Å². The molecule has 128 valence electrons. The number of amides is 1. The van der Waals surface area contributed by atoms with Gasteiger partial charge in [-0.2, -0.15) is 0 Å². The number of esters is 1. The first kappa shape index (κ1) is 19.2. The Morgan fingerprint density at radius 1 is 1.22 bits per heavy atom. The summed E-state index contributed by atoms with van der Waals surface area (Å²) in [4.78, 5) is 24.4. The van der Waals surface area contributed by atoms with Crippen molar-refractivity contribution in [2.24, 2.45) is 0 Å². The van der Waals surface area contributed by atoms with Crippen molar-refractivity contribution in [3.8, 4) is 0 Å². The van der Waals surface area contributed by atoms with E-state index in [1.807, 2.05) is 13.8 Å². The molecule has 1 rings (SSSR count). The van der Waals surface area contributed by atoms with Gasteiger partial charge in [-0.25, -0.2) is 4.79 Å². The third kappa shape index (κ3) is 4.79. The second-order valence-electron chi connectivity index (χ2n) is 6.05. The van der Waals surface area contributed by atoms with Crippen LogP contribution in [0.3, 0.4) is 0 Å². The third-order valence-corrected chi connectivity index (χ3v) is 3.91. The quantitative estimate of drug-likeness (QED) is 0.781. The summed E-state index contributed by atoms with van der Waals surface area (Å²) in [7, 11) is 2.77. The lowest BCUT2D eigenvalue weighted by atomic mass is 9.94. The first-order valence-corrected chi connectivity index (χ1v) is 7.74. The molecular weight excluding hydrogens is 294 g/mol. The van der Waals surface area contributed by atoms with Gasteiger partial charge in [0.05, 0.1) is 20.1 Å². The van der Waals surface area contributed by atoms with Gasteiger partial charge in [-0.1, -0.05) is 24.6 Å². The highest BCUT2D eigenvalue weighted by atomic mass is 16.5. The third-order valence-electron chi connectivity index (χ3n) is 3.91. The van der Waals surface area contributed by atoms with Crippen LogP contribution in [-0.4, -0.2) is 38.2 Å². The lowest BCUT2D eigenvalue weighted by Crippen LogP contribution is -2.56. The number of carbonyl (C=O) groups is 2. The average Bonchev–Trinajstić information content (AvgIpc) is 2.48. The smallest absolute Gasteiger partial charge is 0.333 e. The number of hydrogen-bond acceptors (Lipinski definition) is 4. The molecule has 0 saturated carbocycles. The zero-order valence-electron chi connectivity index (χ0n) is 14.9. The number of nitrogens with one attached hydrogen (secondary N) is 1. The monoisotopic (exact) mass is 321 g/mol. The molecule has 0 aromatic heterocycles. The number of methoxy groups -OCH3 is 2. The minimum Gasteiger partial charge on any atom is -0.467 e. The molecule has 0 radical (unpaired) electrons. The maximum Gasteiger partial charge on any atom is 0.333 e. The number of hydrogen-bond donors (Lipinski definition) is 1. The minimum absolute atomic E-state index is 0.0545. The largest absolute Gasteiger partial charge is 0.467 e. The number of benzene rings is 1. The van der Waals surface area contributed by atoms with Gasteiger partial charge >= 0.3 is 5.97 Å². The Labute approximate surface area is 138 Å². The van der Waals surface area contributed by atoms with Crippen LogP contribution in [0.5, 0.6) is 0 Å². The van der Waals surface area contributed by atoms with Gasteiger partial charge in [0.25, 0.3) is 0 Å². The van der Waals surface area contributed by atoms with Crippen LogP contribution in [0.4, 0.5) is 0 Å². The number of aryl methyl sites for hydroxylation is 3. The summed E-state index contributed by atoms with van der Waals surface area (Å²) >= 11 is 0. The molecule has 0 fully saturated rings. The Kier molecular flexibility index (Phi) is 6.76. The van der Waals surface area contributed by atoms with Crippen LogP contribution in [0.1, 0.15) is 36.1 Å². The highest BCUT2D eigenvalue weighted by molar-refractivity contribution is 5.89. The van der Waals surface area contributed by atoms with Gasteiger partial charge < -0.3 is 14.8 Å². The van der Waals surface area contributed by atoms with Gasteiger partial charge in [-0.3, -0.25) is 4.79 Å². The Balaban J connectivity index is 2.98.